The molecule has 2 heterocycles. The van der Waals surface area contributed by atoms with Gasteiger partial charge in [-0.25, -0.2) is 14.2 Å². The molecule has 0 saturated carbocycles. The molecule has 0 spiro atoms. The highest BCUT2D eigenvalue weighted by molar-refractivity contribution is 5.81. The lowest BCUT2D eigenvalue weighted by atomic mass is 10.1. The molecule has 8 heteroatoms. The van der Waals surface area contributed by atoms with Crippen LogP contribution in [0.4, 0.5) is 9.18 Å². The molecule has 0 fully saturated rings. The number of benzene rings is 1. The minimum Gasteiger partial charge on any atom is -0.444 e. The fourth-order valence-corrected chi connectivity index (χ4v) is 2.99. The second-order valence-corrected chi connectivity index (χ2v) is 7.68. The Balaban J connectivity index is 2.00. The lowest BCUT2D eigenvalue weighted by Gasteiger charge is -2.20. The highest BCUT2D eigenvalue weighted by atomic mass is 19.1. The number of fused-ring (bicyclic) bond motifs is 1. The lowest BCUT2D eigenvalue weighted by Crippen LogP contribution is -2.34. The standard InChI is InChI=1S/C21H23FN4O3/c1-13-6-5-7-16-18(13)19(27)26(15-10-14(22)11-23-12-15)17(25-16)8-9-24-20(28)29-21(2,3)4/h5-7,10-12H,8-9H2,1-4H3,(H,24,28). The Bertz CT molecular complexity index is 1120. The van der Waals surface area contributed by atoms with Crippen molar-refractivity contribution in [3.8, 4) is 5.69 Å². The maximum atomic E-state index is 13.8. The average Bonchev–Trinajstić information content (AvgIpc) is 2.60. The molecule has 0 saturated heterocycles. The van der Waals surface area contributed by atoms with Crippen molar-refractivity contribution in [1.82, 2.24) is 19.9 Å². The third kappa shape index (κ3) is 4.77. The summed E-state index contributed by atoms with van der Waals surface area (Å²) in [4.78, 5) is 33.6. The Hall–Kier alpha value is -3.29. The van der Waals surface area contributed by atoms with Crippen molar-refractivity contribution in [1.29, 1.82) is 0 Å². The predicted molar refractivity (Wildman–Crippen MR) is 108 cm³/mol. The number of pyridine rings is 1. The topological polar surface area (TPSA) is 86.1 Å². The molecule has 0 atom stereocenters. The first-order valence-corrected chi connectivity index (χ1v) is 9.25. The first-order chi connectivity index (χ1) is 13.7. The number of nitrogens with zero attached hydrogens (tertiary/aromatic N) is 3. The summed E-state index contributed by atoms with van der Waals surface area (Å²) in [5.74, 6) is -0.173. The zero-order valence-electron chi connectivity index (χ0n) is 16.8. The van der Waals surface area contributed by atoms with Crippen LogP contribution in [-0.2, 0) is 11.2 Å². The van der Waals surface area contributed by atoms with Gasteiger partial charge in [0.25, 0.3) is 5.56 Å². The van der Waals surface area contributed by atoms with Crippen molar-refractivity contribution in [2.45, 2.75) is 39.7 Å². The second-order valence-electron chi connectivity index (χ2n) is 7.68. The van der Waals surface area contributed by atoms with Crippen molar-refractivity contribution in [3.63, 3.8) is 0 Å². The van der Waals surface area contributed by atoms with E-state index in [-0.39, 0.29) is 24.2 Å². The monoisotopic (exact) mass is 398 g/mol. The van der Waals surface area contributed by atoms with E-state index in [1.807, 2.05) is 19.1 Å². The number of hydrogen-bond donors (Lipinski definition) is 1. The number of rotatable bonds is 4. The van der Waals surface area contributed by atoms with Crippen LogP contribution in [0.3, 0.4) is 0 Å². The van der Waals surface area contributed by atoms with Crippen molar-refractivity contribution in [2.24, 2.45) is 0 Å². The zero-order chi connectivity index (χ0) is 21.2. The van der Waals surface area contributed by atoms with Crippen LogP contribution in [0.1, 0.15) is 32.2 Å². The minimum atomic E-state index is -0.613. The van der Waals surface area contributed by atoms with Gasteiger partial charge in [0.2, 0.25) is 0 Å². The number of halogens is 1. The van der Waals surface area contributed by atoms with Crippen LogP contribution >= 0.6 is 0 Å². The zero-order valence-corrected chi connectivity index (χ0v) is 16.8. The Kier molecular flexibility index (Phi) is 5.63. The molecule has 1 aromatic carbocycles. The van der Waals surface area contributed by atoms with E-state index in [1.54, 1.807) is 26.8 Å². The molecular weight excluding hydrogens is 375 g/mol. The molecule has 29 heavy (non-hydrogen) atoms. The first kappa shape index (κ1) is 20.4. The van der Waals surface area contributed by atoms with Crippen molar-refractivity contribution < 1.29 is 13.9 Å². The summed E-state index contributed by atoms with van der Waals surface area (Å²) in [6.07, 6.45) is 2.16. The van der Waals surface area contributed by atoms with Gasteiger partial charge in [-0.2, -0.15) is 0 Å². The Labute approximate surface area is 167 Å². The van der Waals surface area contributed by atoms with Crippen molar-refractivity contribution >= 4 is 17.0 Å². The number of carbonyl (C=O) groups excluding carboxylic acids is 1. The maximum Gasteiger partial charge on any atom is 0.407 e. The highest BCUT2D eigenvalue weighted by Gasteiger charge is 2.18. The fraction of sp³-hybridized carbons (Fsp3) is 0.333. The second kappa shape index (κ2) is 7.98. The van der Waals surface area contributed by atoms with Crippen LogP contribution in [0.2, 0.25) is 0 Å². The molecule has 0 aliphatic carbocycles. The summed E-state index contributed by atoms with van der Waals surface area (Å²) in [5.41, 5.74) is 0.671. The van der Waals surface area contributed by atoms with Gasteiger partial charge >= 0.3 is 6.09 Å². The Morgan fingerprint density at radius 2 is 2.03 bits per heavy atom. The molecule has 1 amide bonds. The molecule has 152 valence electrons. The van der Waals surface area contributed by atoms with Crippen LogP contribution in [0.25, 0.3) is 16.6 Å². The average molecular weight is 398 g/mol. The number of aromatic nitrogens is 3. The smallest absolute Gasteiger partial charge is 0.407 e. The number of nitrogens with one attached hydrogen (secondary N) is 1. The van der Waals surface area contributed by atoms with E-state index in [0.29, 0.717) is 16.7 Å². The van der Waals surface area contributed by atoms with E-state index in [1.165, 1.54) is 16.8 Å². The third-order valence-electron chi connectivity index (χ3n) is 4.14. The summed E-state index contributed by atoms with van der Waals surface area (Å²) >= 11 is 0. The molecule has 2 aromatic heterocycles. The summed E-state index contributed by atoms with van der Waals surface area (Å²) < 4.78 is 20.3. The van der Waals surface area contributed by atoms with Gasteiger partial charge in [-0.05, 0) is 39.3 Å². The van der Waals surface area contributed by atoms with Gasteiger partial charge in [0, 0.05) is 19.0 Å². The van der Waals surface area contributed by atoms with Gasteiger partial charge in [-0.15, -0.1) is 0 Å². The maximum absolute atomic E-state index is 13.8. The molecule has 3 aromatic rings. The molecule has 0 unspecified atom stereocenters. The summed E-state index contributed by atoms with van der Waals surface area (Å²) in [5, 5.41) is 3.11. The van der Waals surface area contributed by atoms with Crippen LogP contribution in [-0.4, -0.2) is 32.8 Å². The molecule has 7 nitrogen and oxygen atoms in total. The number of ether oxygens (including phenoxy) is 1. The first-order valence-electron chi connectivity index (χ1n) is 9.25. The third-order valence-corrected chi connectivity index (χ3v) is 4.14. The molecular formula is C21H23FN4O3. The number of aryl methyl sites for hydroxylation is 1. The molecule has 1 N–H and O–H groups in total. The number of alkyl carbamates (subject to hydrolysis) is 1. The van der Waals surface area contributed by atoms with Gasteiger partial charge in [-0.1, -0.05) is 12.1 Å². The van der Waals surface area contributed by atoms with Gasteiger partial charge in [0.1, 0.15) is 17.2 Å². The Morgan fingerprint density at radius 3 is 2.72 bits per heavy atom. The molecule has 3 rings (SSSR count). The van der Waals surface area contributed by atoms with E-state index < -0.39 is 17.5 Å². The van der Waals surface area contributed by atoms with E-state index in [4.69, 9.17) is 4.74 Å². The Morgan fingerprint density at radius 1 is 1.28 bits per heavy atom. The lowest BCUT2D eigenvalue weighted by molar-refractivity contribution is 0.0528. The van der Waals surface area contributed by atoms with Gasteiger partial charge in [0.15, 0.2) is 0 Å². The van der Waals surface area contributed by atoms with Gasteiger partial charge in [-0.3, -0.25) is 14.3 Å². The molecule has 0 aliphatic heterocycles. The van der Waals surface area contributed by atoms with Crippen molar-refractivity contribution in [2.75, 3.05) is 6.54 Å². The largest absolute Gasteiger partial charge is 0.444 e. The van der Waals surface area contributed by atoms with E-state index in [2.05, 4.69) is 15.3 Å². The van der Waals surface area contributed by atoms with Crippen LogP contribution < -0.4 is 10.9 Å². The quantitative estimate of drug-likeness (QED) is 0.729. The summed E-state index contributed by atoms with van der Waals surface area (Å²) in [6, 6.07) is 6.62. The minimum absolute atomic E-state index is 0.196. The molecule has 0 radical (unpaired) electrons. The number of carbonyl (C=O) groups is 1. The van der Waals surface area contributed by atoms with Crippen LogP contribution in [0, 0.1) is 12.7 Å². The molecule has 0 aliphatic rings. The normalized spacial score (nSPS) is 11.5. The predicted octanol–water partition coefficient (Wildman–Crippen LogP) is 3.30. The van der Waals surface area contributed by atoms with E-state index in [0.717, 1.165) is 11.8 Å². The van der Waals surface area contributed by atoms with Gasteiger partial charge in [0.05, 0.1) is 29.0 Å². The number of hydrogen-bond acceptors (Lipinski definition) is 5. The van der Waals surface area contributed by atoms with Gasteiger partial charge < -0.3 is 10.1 Å². The van der Waals surface area contributed by atoms with E-state index in [9.17, 15) is 14.0 Å². The fourth-order valence-electron chi connectivity index (χ4n) is 2.99. The summed E-state index contributed by atoms with van der Waals surface area (Å²) in [6.45, 7) is 7.34. The summed E-state index contributed by atoms with van der Waals surface area (Å²) in [7, 11) is 0. The van der Waals surface area contributed by atoms with Crippen molar-refractivity contribution in [3.05, 3.63) is 64.2 Å². The molecule has 0 bridgehead atoms. The van der Waals surface area contributed by atoms with Crippen LogP contribution in [0.5, 0.6) is 0 Å². The SMILES string of the molecule is Cc1cccc2nc(CCNC(=O)OC(C)(C)C)n(-c3cncc(F)c3)c(=O)c12. The van der Waals surface area contributed by atoms with E-state index >= 15 is 0 Å². The highest BCUT2D eigenvalue weighted by Crippen LogP contribution is 2.16. The van der Waals surface area contributed by atoms with Crippen LogP contribution in [0.15, 0.2) is 41.5 Å². The number of amides is 1.